The molecule has 0 aromatic heterocycles. The zero-order valence-corrected chi connectivity index (χ0v) is 18.9. The van der Waals surface area contributed by atoms with Gasteiger partial charge in [-0.1, -0.05) is 19.1 Å². The normalized spacial score (nSPS) is 20.1. The Morgan fingerprint density at radius 3 is 2.55 bits per heavy atom. The maximum absolute atomic E-state index is 13.0. The highest BCUT2D eigenvalue weighted by Gasteiger charge is 2.37. The Bertz CT molecular complexity index is 853. The smallest absolute Gasteiger partial charge is 0.279 e. The van der Waals surface area contributed by atoms with Crippen molar-refractivity contribution in [3.05, 3.63) is 29.3 Å². The minimum atomic E-state index is -3.07. The molecule has 162 valence electrons. The lowest BCUT2D eigenvalue weighted by Crippen LogP contribution is -3.11. The van der Waals surface area contributed by atoms with Crippen molar-refractivity contribution in [1.82, 2.24) is 4.90 Å². The largest absolute Gasteiger partial charge is 0.331 e. The van der Waals surface area contributed by atoms with Gasteiger partial charge in [0.05, 0.1) is 18.6 Å². The van der Waals surface area contributed by atoms with Gasteiger partial charge in [0, 0.05) is 17.8 Å². The molecule has 0 spiro atoms. The summed E-state index contributed by atoms with van der Waals surface area (Å²) in [5.41, 5.74) is 2.92. The van der Waals surface area contributed by atoms with Gasteiger partial charge in [0.1, 0.15) is 0 Å². The van der Waals surface area contributed by atoms with E-state index in [1.165, 1.54) is 0 Å². The molecule has 2 N–H and O–H groups in total. The molecule has 1 fully saturated rings. The summed E-state index contributed by atoms with van der Waals surface area (Å²) in [6, 6.07) is 5.47. The average molecular weight is 425 g/mol. The van der Waals surface area contributed by atoms with Crippen molar-refractivity contribution < 1.29 is 22.9 Å². The molecule has 0 aliphatic carbocycles. The van der Waals surface area contributed by atoms with Crippen LogP contribution in [-0.4, -0.2) is 68.9 Å². The molecule has 1 aliphatic rings. The number of anilines is 1. The standard InChI is InChI=1S/C21H33N3O4S/c1-6-16(3)24(18-10-11-29(27,28)14-18)21(26)13-23(5)12-20(25)22-19-9-7-8-15(2)17(19)4/h7-9,16,18H,6,10-14H2,1-5H3,(H,22,25)/p+1/t16-,18+/m1/s1. The summed E-state index contributed by atoms with van der Waals surface area (Å²) in [4.78, 5) is 27.9. The number of nitrogens with zero attached hydrogens (tertiary/aromatic N) is 1. The Balaban J connectivity index is 1.98. The van der Waals surface area contributed by atoms with Crippen LogP contribution >= 0.6 is 0 Å². The number of aryl methyl sites for hydroxylation is 1. The van der Waals surface area contributed by atoms with Crippen molar-refractivity contribution in [3.8, 4) is 0 Å². The van der Waals surface area contributed by atoms with Gasteiger partial charge in [0.15, 0.2) is 22.9 Å². The summed E-state index contributed by atoms with van der Waals surface area (Å²) in [7, 11) is -1.26. The van der Waals surface area contributed by atoms with E-state index in [1.54, 1.807) is 11.9 Å². The topological polar surface area (TPSA) is 88.0 Å². The first-order chi connectivity index (χ1) is 13.5. The van der Waals surface area contributed by atoms with E-state index < -0.39 is 9.84 Å². The Morgan fingerprint density at radius 2 is 1.97 bits per heavy atom. The minimum absolute atomic E-state index is 0.0302. The lowest BCUT2D eigenvalue weighted by molar-refractivity contribution is -0.862. The summed E-state index contributed by atoms with van der Waals surface area (Å²) in [5.74, 6) is -0.0744. The number of quaternary nitrogens is 1. The third-order valence-corrected chi connectivity index (χ3v) is 7.50. The van der Waals surface area contributed by atoms with Crippen LogP contribution in [-0.2, 0) is 19.4 Å². The third-order valence-electron chi connectivity index (χ3n) is 5.75. The van der Waals surface area contributed by atoms with Gasteiger partial charge < -0.3 is 15.1 Å². The predicted molar refractivity (Wildman–Crippen MR) is 115 cm³/mol. The van der Waals surface area contributed by atoms with Gasteiger partial charge in [-0.15, -0.1) is 0 Å². The summed E-state index contributed by atoms with van der Waals surface area (Å²) >= 11 is 0. The number of carbonyl (C=O) groups excluding carboxylic acids is 2. The van der Waals surface area contributed by atoms with Gasteiger partial charge in [-0.05, 0) is 50.8 Å². The predicted octanol–water partition coefficient (Wildman–Crippen LogP) is 0.571. The fourth-order valence-electron chi connectivity index (χ4n) is 3.77. The number of likely N-dealkylation sites (N-methyl/N-ethyl adjacent to an activating group) is 1. The number of sulfone groups is 1. The number of amides is 2. The molecular formula is C21H34N3O4S+. The van der Waals surface area contributed by atoms with E-state index in [4.69, 9.17) is 0 Å². The molecule has 0 saturated carbocycles. The van der Waals surface area contributed by atoms with Crippen LogP contribution in [0.3, 0.4) is 0 Å². The second kappa shape index (κ2) is 9.71. The highest BCUT2D eigenvalue weighted by atomic mass is 32.2. The van der Waals surface area contributed by atoms with Crippen molar-refractivity contribution in [1.29, 1.82) is 0 Å². The van der Waals surface area contributed by atoms with Gasteiger partial charge in [-0.3, -0.25) is 9.59 Å². The zero-order valence-electron chi connectivity index (χ0n) is 18.1. The van der Waals surface area contributed by atoms with Crippen LogP contribution in [0, 0.1) is 13.8 Å². The Kier molecular flexibility index (Phi) is 7.82. The number of benzene rings is 1. The van der Waals surface area contributed by atoms with Crippen LogP contribution in [0.1, 0.15) is 37.8 Å². The van der Waals surface area contributed by atoms with Crippen molar-refractivity contribution >= 4 is 27.3 Å². The Morgan fingerprint density at radius 1 is 1.28 bits per heavy atom. The molecule has 1 heterocycles. The van der Waals surface area contributed by atoms with Crippen LogP contribution in [0.5, 0.6) is 0 Å². The first-order valence-electron chi connectivity index (χ1n) is 10.2. The molecule has 0 radical (unpaired) electrons. The average Bonchev–Trinajstić information content (AvgIpc) is 2.98. The van der Waals surface area contributed by atoms with Crippen LogP contribution in [0.15, 0.2) is 18.2 Å². The van der Waals surface area contributed by atoms with E-state index in [9.17, 15) is 18.0 Å². The molecule has 8 heteroatoms. The summed E-state index contributed by atoms with van der Waals surface area (Å²) in [5, 5.41) is 2.92. The summed E-state index contributed by atoms with van der Waals surface area (Å²) < 4.78 is 23.8. The molecule has 1 aliphatic heterocycles. The van der Waals surface area contributed by atoms with E-state index in [0.717, 1.165) is 28.1 Å². The maximum atomic E-state index is 13.0. The number of nitrogens with one attached hydrogen (secondary N) is 2. The molecule has 0 bridgehead atoms. The van der Waals surface area contributed by atoms with Crippen molar-refractivity contribution in [2.24, 2.45) is 0 Å². The summed E-state index contributed by atoms with van der Waals surface area (Å²) in [6.45, 7) is 8.21. The van der Waals surface area contributed by atoms with Crippen LogP contribution in [0.2, 0.25) is 0 Å². The molecule has 2 rings (SSSR count). The maximum Gasteiger partial charge on any atom is 0.279 e. The molecule has 3 atom stereocenters. The Labute approximate surface area is 174 Å². The van der Waals surface area contributed by atoms with Crippen LogP contribution in [0.25, 0.3) is 0 Å². The quantitative estimate of drug-likeness (QED) is 0.639. The lowest BCUT2D eigenvalue weighted by Gasteiger charge is -2.34. The van der Waals surface area contributed by atoms with Crippen molar-refractivity contribution in [2.45, 2.75) is 52.6 Å². The van der Waals surface area contributed by atoms with Gasteiger partial charge >= 0.3 is 0 Å². The highest BCUT2D eigenvalue weighted by Crippen LogP contribution is 2.21. The van der Waals surface area contributed by atoms with E-state index in [1.807, 2.05) is 45.9 Å². The second-order valence-corrected chi connectivity index (χ2v) is 10.5. The number of rotatable bonds is 8. The minimum Gasteiger partial charge on any atom is -0.331 e. The van der Waals surface area contributed by atoms with E-state index in [-0.39, 0.29) is 48.5 Å². The van der Waals surface area contributed by atoms with E-state index >= 15 is 0 Å². The first-order valence-corrected chi connectivity index (χ1v) is 12.0. The first kappa shape index (κ1) is 23.3. The molecule has 29 heavy (non-hydrogen) atoms. The monoisotopic (exact) mass is 424 g/mol. The molecular weight excluding hydrogens is 390 g/mol. The molecule has 7 nitrogen and oxygen atoms in total. The van der Waals surface area contributed by atoms with Gasteiger partial charge in [0.2, 0.25) is 0 Å². The van der Waals surface area contributed by atoms with Crippen molar-refractivity contribution in [2.75, 3.05) is 37.0 Å². The van der Waals surface area contributed by atoms with Crippen LogP contribution < -0.4 is 10.2 Å². The number of carbonyl (C=O) groups is 2. The SMILES string of the molecule is CC[C@@H](C)N(C(=O)C[NH+](C)CC(=O)Nc1cccc(C)c1C)[C@H]1CCS(=O)(=O)C1. The van der Waals surface area contributed by atoms with Crippen LogP contribution in [0.4, 0.5) is 5.69 Å². The third kappa shape index (κ3) is 6.27. The number of hydrogen-bond donors (Lipinski definition) is 2. The lowest BCUT2D eigenvalue weighted by atomic mass is 10.1. The van der Waals surface area contributed by atoms with Crippen molar-refractivity contribution in [3.63, 3.8) is 0 Å². The van der Waals surface area contributed by atoms with Gasteiger partial charge in [-0.25, -0.2) is 8.42 Å². The van der Waals surface area contributed by atoms with E-state index in [2.05, 4.69) is 5.32 Å². The fourth-order valence-corrected chi connectivity index (χ4v) is 5.48. The molecule has 1 aromatic carbocycles. The Hall–Kier alpha value is -1.93. The molecule has 1 saturated heterocycles. The van der Waals surface area contributed by atoms with E-state index in [0.29, 0.717) is 6.42 Å². The molecule has 2 amide bonds. The number of hydrogen-bond acceptors (Lipinski definition) is 4. The molecule has 1 aromatic rings. The zero-order chi connectivity index (χ0) is 21.8. The summed E-state index contributed by atoms with van der Waals surface area (Å²) in [6.07, 6.45) is 1.25. The highest BCUT2D eigenvalue weighted by molar-refractivity contribution is 7.91. The van der Waals surface area contributed by atoms with Gasteiger partial charge in [-0.2, -0.15) is 0 Å². The fraction of sp³-hybridized carbons (Fsp3) is 0.619. The molecule has 1 unspecified atom stereocenters. The second-order valence-electron chi connectivity index (χ2n) is 8.22. The van der Waals surface area contributed by atoms with Gasteiger partial charge in [0.25, 0.3) is 11.8 Å².